The second-order valence-electron chi connectivity index (χ2n) is 6.25. The standard InChI is InChI=1S/C20H17FN4O2/c21-16-8-4-7-15(9-16)18-10-19(27-24-18)20(26)23-17-11-22-25(13-17)12-14-5-2-1-3-6-14/h1-9,11,13,19H,10,12H2,(H,23,26)/t19-/m1/s1. The Hall–Kier alpha value is -3.48. The molecular weight excluding hydrogens is 347 g/mol. The molecule has 4 rings (SSSR count). The summed E-state index contributed by atoms with van der Waals surface area (Å²) in [7, 11) is 0. The van der Waals surface area contributed by atoms with Gasteiger partial charge in [-0.3, -0.25) is 9.48 Å². The van der Waals surface area contributed by atoms with E-state index in [1.54, 1.807) is 29.2 Å². The lowest BCUT2D eigenvalue weighted by Crippen LogP contribution is -2.27. The molecule has 6 nitrogen and oxygen atoms in total. The Balaban J connectivity index is 1.35. The third kappa shape index (κ3) is 4.03. The van der Waals surface area contributed by atoms with Gasteiger partial charge in [0.25, 0.3) is 5.91 Å². The minimum atomic E-state index is -0.749. The maximum Gasteiger partial charge on any atom is 0.268 e. The van der Waals surface area contributed by atoms with Gasteiger partial charge in [0.05, 0.1) is 24.1 Å². The van der Waals surface area contributed by atoms with Gasteiger partial charge < -0.3 is 10.2 Å². The second-order valence-corrected chi connectivity index (χ2v) is 6.25. The summed E-state index contributed by atoms with van der Waals surface area (Å²) in [6.07, 6.45) is 2.88. The highest BCUT2D eigenvalue weighted by atomic mass is 19.1. The van der Waals surface area contributed by atoms with E-state index in [-0.39, 0.29) is 18.1 Å². The smallest absolute Gasteiger partial charge is 0.268 e. The van der Waals surface area contributed by atoms with Crippen molar-refractivity contribution in [2.24, 2.45) is 5.16 Å². The molecule has 7 heteroatoms. The molecule has 2 heterocycles. The number of benzene rings is 2. The third-order valence-corrected chi connectivity index (χ3v) is 4.21. The predicted molar refractivity (Wildman–Crippen MR) is 98.8 cm³/mol. The highest BCUT2D eigenvalue weighted by Crippen LogP contribution is 2.19. The summed E-state index contributed by atoms with van der Waals surface area (Å²) in [5.41, 5.74) is 2.86. The van der Waals surface area contributed by atoms with E-state index in [2.05, 4.69) is 15.6 Å². The van der Waals surface area contributed by atoms with Crippen LogP contribution >= 0.6 is 0 Å². The van der Waals surface area contributed by atoms with Crippen molar-refractivity contribution in [1.82, 2.24) is 9.78 Å². The van der Waals surface area contributed by atoms with E-state index in [1.807, 2.05) is 30.3 Å². The molecule has 27 heavy (non-hydrogen) atoms. The molecular formula is C20H17FN4O2. The van der Waals surface area contributed by atoms with Crippen molar-refractivity contribution in [2.45, 2.75) is 19.1 Å². The molecule has 0 aliphatic carbocycles. The molecule has 1 N–H and O–H groups in total. The van der Waals surface area contributed by atoms with E-state index in [1.165, 1.54) is 12.1 Å². The summed E-state index contributed by atoms with van der Waals surface area (Å²) in [6.45, 7) is 0.615. The molecule has 136 valence electrons. The third-order valence-electron chi connectivity index (χ3n) is 4.21. The number of aromatic nitrogens is 2. The van der Waals surface area contributed by atoms with Crippen LogP contribution in [0.5, 0.6) is 0 Å². The van der Waals surface area contributed by atoms with Crippen molar-refractivity contribution in [3.63, 3.8) is 0 Å². The number of carbonyl (C=O) groups is 1. The number of amides is 1. The van der Waals surface area contributed by atoms with Crippen LogP contribution in [0.1, 0.15) is 17.5 Å². The summed E-state index contributed by atoms with van der Waals surface area (Å²) in [6, 6.07) is 16.0. The van der Waals surface area contributed by atoms with Crippen LogP contribution in [0.25, 0.3) is 0 Å². The SMILES string of the molecule is O=C(Nc1cnn(Cc2ccccc2)c1)[C@H]1CC(c2cccc(F)c2)=NO1. The van der Waals surface area contributed by atoms with Crippen molar-refractivity contribution in [3.05, 3.63) is 83.9 Å². The Kier molecular flexibility index (Phi) is 4.65. The number of hydrogen-bond acceptors (Lipinski definition) is 4. The largest absolute Gasteiger partial charge is 0.382 e. The van der Waals surface area contributed by atoms with Gasteiger partial charge in [0.2, 0.25) is 6.10 Å². The zero-order valence-corrected chi connectivity index (χ0v) is 14.4. The fraction of sp³-hybridized carbons (Fsp3) is 0.150. The number of carbonyl (C=O) groups excluding carboxylic acids is 1. The number of hydrogen-bond donors (Lipinski definition) is 1. The molecule has 0 radical (unpaired) electrons. The second kappa shape index (κ2) is 7.41. The van der Waals surface area contributed by atoms with E-state index in [0.29, 0.717) is 23.5 Å². The molecule has 0 fully saturated rings. The monoisotopic (exact) mass is 364 g/mol. The molecule has 0 spiro atoms. The number of anilines is 1. The summed E-state index contributed by atoms with van der Waals surface area (Å²) >= 11 is 0. The number of halogens is 1. The minimum Gasteiger partial charge on any atom is -0.382 e. The summed E-state index contributed by atoms with van der Waals surface area (Å²) < 4.78 is 15.1. The fourth-order valence-electron chi connectivity index (χ4n) is 2.86. The average Bonchev–Trinajstić information content (AvgIpc) is 3.32. The lowest BCUT2D eigenvalue weighted by molar-refractivity contribution is -0.125. The van der Waals surface area contributed by atoms with E-state index in [9.17, 15) is 9.18 Å². The van der Waals surface area contributed by atoms with Crippen molar-refractivity contribution in [1.29, 1.82) is 0 Å². The van der Waals surface area contributed by atoms with Crippen LogP contribution in [0.2, 0.25) is 0 Å². The molecule has 1 atom stereocenters. The zero-order chi connectivity index (χ0) is 18.6. The summed E-state index contributed by atoms with van der Waals surface area (Å²) in [4.78, 5) is 17.6. The van der Waals surface area contributed by atoms with Gasteiger partial charge >= 0.3 is 0 Å². The van der Waals surface area contributed by atoms with Gasteiger partial charge in [-0.05, 0) is 17.7 Å². The molecule has 1 aliphatic heterocycles. The van der Waals surface area contributed by atoms with Gasteiger partial charge in [0.1, 0.15) is 5.82 Å². The quantitative estimate of drug-likeness (QED) is 0.756. The summed E-state index contributed by atoms with van der Waals surface area (Å²) in [5.74, 6) is -0.668. The first-order valence-electron chi connectivity index (χ1n) is 8.53. The molecule has 1 aromatic heterocycles. The van der Waals surface area contributed by atoms with Crippen LogP contribution in [-0.4, -0.2) is 27.5 Å². The first kappa shape index (κ1) is 17.0. The molecule has 1 aliphatic rings. The van der Waals surface area contributed by atoms with Gasteiger partial charge in [-0.25, -0.2) is 4.39 Å². The number of rotatable bonds is 5. The van der Waals surface area contributed by atoms with Crippen LogP contribution in [0.4, 0.5) is 10.1 Å². The maximum atomic E-state index is 13.3. The zero-order valence-electron chi connectivity index (χ0n) is 14.4. The number of oxime groups is 1. The van der Waals surface area contributed by atoms with E-state index in [4.69, 9.17) is 4.84 Å². The Morgan fingerprint density at radius 1 is 1.22 bits per heavy atom. The van der Waals surface area contributed by atoms with Crippen LogP contribution in [0, 0.1) is 5.82 Å². The maximum absolute atomic E-state index is 13.3. The van der Waals surface area contributed by atoms with Crippen LogP contribution in [0.3, 0.4) is 0 Å². The van der Waals surface area contributed by atoms with Crippen LogP contribution < -0.4 is 5.32 Å². The van der Waals surface area contributed by atoms with Crippen molar-refractivity contribution < 1.29 is 14.0 Å². The van der Waals surface area contributed by atoms with Gasteiger partial charge in [0, 0.05) is 18.2 Å². The lowest BCUT2D eigenvalue weighted by atomic mass is 10.0. The average molecular weight is 364 g/mol. The van der Waals surface area contributed by atoms with Crippen LogP contribution in [-0.2, 0) is 16.2 Å². The molecule has 0 unspecified atom stereocenters. The first-order valence-corrected chi connectivity index (χ1v) is 8.53. The molecule has 0 saturated carbocycles. The molecule has 0 saturated heterocycles. The predicted octanol–water partition coefficient (Wildman–Crippen LogP) is 3.20. The normalized spacial score (nSPS) is 15.9. The lowest BCUT2D eigenvalue weighted by Gasteiger charge is -2.07. The summed E-state index contributed by atoms with van der Waals surface area (Å²) in [5, 5.41) is 11.0. The topological polar surface area (TPSA) is 68.5 Å². The van der Waals surface area contributed by atoms with Crippen molar-refractivity contribution in [2.75, 3.05) is 5.32 Å². The molecule has 1 amide bonds. The number of nitrogens with one attached hydrogen (secondary N) is 1. The highest BCUT2D eigenvalue weighted by molar-refractivity contribution is 6.06. The van der Waals surface area contributed by atoms with Crippen LogP contribution in [0.15, 0.2) is 72.1 Å². The first-order chi connectivity index (χ1) is 13.2. The Labute approximate surface area is 155 Å². The van der Waals surface area contributed by atoms with Crippen molar-refractivity contribution >= 4 is 17.3 Å². The van der Waals surface area contributed by atoms with Gasteiger partial charge in [-0.2, -0.15) is 5.10 Å². The van der Waals surface area contributed by atoms with Gasteiger partial charge in [0.15, 0.2) is 0 Å². The molecule has 3 aromatic rings. The molecule has 2 aromatic carbocycles. The Morgan fingerprint density at radius 2 is 2.07 bits per heavy atom. The Morgan fingerprint density at radius 3 is 2.89 bits per heavy atom. The van der Waals surface area contributed by atoms with E-state index < -0.39 is 6.10 Å². The van der Waals surface area contributed by atoms with Gasteiger partial charge in [-0.1, -0.05) is 47.6 Å². The fourth-order valence-corrected chi connectivity index (χ4v) is 2.86. The molecule has 0 bridgehead atoms. The minimum absolute atomic E-state index is 0.285. The van der Waals surface area contributed by atoms with E-state index in [0.717, 1.165) is 5.56 Å². The van der Waals surface area contributed by atoms with E-state index >= 15 is 0 Å². The highest BCUT2D eigenvalue weighted by Gasteiger charge is 2.29. The van der Waals surface area contributed by atoms with Gasteiger partial charge in [-0.15, -0.1) is 0 Å². The Bertz CT molecular complexity index is 984. The number of nitrogens with zero attached hydrogens (tertiary/aromatic N) is 3. The van der Waals surface area contributed by atoms with Crippen molar-refractivity contribution in [3.8, 4) is 0 Å².